The molecule has 7 nitrogen and oxygen atoms in total. The molecule has 7 heteroatoms. The molecule has 2 heterocycles. The van der Waals surface area contributed by atoms with Crippen LogP contribution in [-0.2, 0) is 32.4 Å². The van der Waals surface area contributed by atoms with Crippen molar-refractivity contribution in [2.24, 2.45) is 0 Å². The summed E-state index contributed by atoms with van der Waals surface area (Å²) in [4.78, 5) is 15.6. The minimum absolute atomic E-state index is 0.152. The first-order valence-electron chi connectivity index (χ1n) is 9.83. The largest absolute Gasteiger partial charge is 0.478 e. The van der Waals surface area contributed by atoms with Crippen LogP contribution in [-0.4, -0.2) is 35.9 Å². The first kappa shape index (κ1) is 20.7. The van der Waals surface area contributed by atoms with Crippen molar-refractivity contribution in [3.8, 4) is 0 Å². The standard InChI is InChI=1S/C22H26N4O3/c1-16-24-25-21(26(16)12-6-9-17-7-3-2-4-8-17)11-5-10-19-13-18(22(28)29)14-20(15-27)23-19/h2-4,7-8,13-14,27H,5-6,9-12,15H2,1H3,(H,28,29). The van der Waals surface area contributed by atoms with E-state index in [1.807, 2.05) is 13.0 Å². The number of aromatic carboxylic acids is 1. The average molecular weight is 394 g/mol. The van der Waals surface area contributed by atoms with Gasteiger partial charge in [0.15, 0.2) is 0 Å². The highest BCUT2D eigenvalue weighted by Gasteiger charge is 2.11. The number of carboxylic acid groups (broad SMARTS) is 1. The predicted octanol–water partition coefficient (Wildman–Crippen LogP) is 2.98. The molecule has 2 N–H and O–H groups in total. The number of aryl methyl sites for hydroxylation is 4. The highest BCUT2D eigenvalue weighted by molar-refractivity contribution is 5.87. The number of hydrogen-bond acceptors (Lipinski definition) is 5. The van der Waals surface area contributed by atoms with Crippen molar-refractivity contribution in [1.29, 1.82) is 0 Å². The van der Waals surface area contributed by atoms with Gasteiger partial charge in [0, 0.05) is 18.7 Å². The van der Waals surface area contributed by atoms with Gasteiger partial charge in [0.1, 0.15) is 11.6 Å². The second-order valence-electron chi connectivity index (χ2n) is 7.06. The molecule has 0 radical (unpaired) electrons. The number of hydrogen-bond donors (Lipinski definition) is 2. The fourth-order valence-electron chi connectivity index (χ4n) is 3.40. The highest BCUT2D eigenvalue weighted by Crippen LogP contribution is 2.12. The van der Waals surface area contributed by atoms with Crippen LogP contribution < -0.4 is 0 Å². The molecule has 0 saturated heterocycles. The number of nitrogens with zero attached hydrogens (tertiary/aromatic N) is 4. The van der Waals surface area contributed by atoms with E-state index in [0.717, 1.165) is 43.9 Å². The van der Waals surface area contributed by atoms with Crippen LogP contribution in [0.1, 0.15) is 51.8 Å². The number of aliphatic hydroxyl groups is 1. The molecule has 0 aliphatic carbocycles. The van der Waals surface area contributed by atoms with Gasteiger partial charge >= 0.3 is 5.97 Å². The number of rotatable bonds is 10. The maximum absolute atomic E-state index is 11.2. The zero-order chi connectivity index (χ0) is 20.6. The van der Waals surface area contributed by atoms with Crippen LogP contribution in [0.4, 0.5) is 0 Å². The Balaban J connectivity index is 1.57. The maximum atomic E-state index is 11.2. The molecule has 0 atom stereocenters. The van der Waals surface area contributed by atoms with Crippen molar-refractivity contribution in [1.82, 2.24) is 19.7 Å². The summed E-state index contributed by atoms with van der Waals surface area (Å²) in [5.41, 5.74) is 2.52. The molecular formula is C22H26N4O3. The molecule has 152 valence electrons. The number of aliphatic hydroxyl groups excluding tert-OH is 1. The minimum atomic E-state index is -1.02. The second-order valence-corrected chi connectivity index (χ2v) is 7.06. The fraction of sp³-hybridized carbons (Fsp3) is 0.364. The van der Waals surface area contributed by atoms with Crippen molar-refractivity contribution in [2.45, 2.75) is 52.2 Å². The Morgan fingerprint density at radius 2 is 1.76 bits per heavy atom. The summed E-state index contributed by atoms with van der Waals surface area (Å²) in [7, 11) is 0. The predicted molar refractivity (Wildman–Crippen MR) is 109 cm³/mol. The van der Waals surface area contributed by atoms with Crippen molar-refractivity contribution < 1.29 is 15.0 Å². The van der Waals surface area contributed by atoms with E-state index < -0.39 is 5.97 Å². The number of aromatic nitrogens is 4. The van der Waals surface area contributed by atoms with Crippen LogP contribution in [0.25, 0.3) is 0 Å². The van der Waals surface area contributed by atoms with Gasteiger partial charge in [-0.3, -0.25) is 4.98 Å². The van der Waals surface area contributed by atoms with Crippen LogP contribution >= 0.6 is 0 Å². The van der Waals surface area contributed by atoms with E-state index in [-0.39, 0.29) is 12.2 Å². The summed E-state index contributed by atoms with van der Waals surface area (Å²) < 4.78 is 2.16. The first-order chi connectivity index (χ1) is 14.1. The van der Waals surface area contributed by atoms with E-state index >= 15 is 0 Å². The smallest absolute Gasteiger partial charge is 0.335 e. The van der Waals surface area contributed by atoms with E-state index in [0.29, 0.717) is 17.8 Å². The molecule has 0 bridgehead atoms. The molecule has 0 aliphatic rings. The summed E-state index contributed by atoms with van der Waals surface area (Å²) in [5.74, 6) is 0.825. The van der Waals surface area contributed by atoms with Crippen LogP contribution in [0, 0.1) is 6.92 Å². The molecule has 1 aromatic carbocycles. The lowest BCUT2D eigenvalue weighted by atomic mass is 10.1. The Morgan fingerprint density at radius 3 is 2.48 bits per heavy atom. The fourth-order valence-corrected chi connectivity index (χ4v) is 3.40. The van der Waals surface area contributed by atoms with E-state index in [1.165, 1.54) is 11.6 Å². The monoisotopic (exact) mass is 394 g/mol. The molecule has 2 aromatic heterocycles. The van der Waals surface area contributed by atoms with Gasteiger partial charge in [-0.1, -0.05) is 30.3 Å². The molecule has 29 heavy (non-hydrogen) atoms. The third kappa shape index (κ3) is 5.71. The molecule has 0 spiro atoms. The zero-order valence-corrected chi connectivity index (χ0v) is 16.6. The van der Waals surface area contributed by atoms with E-state index in [9.17, 15) is 15.0 Å². The lowest BCUT2D eigenvalue weighted by Gasteiger charge is -2.09. The van der Waals surface area contributed by atoms with Crippen LogP contribution in [0.3, 0.4) is 0 Å². The van der Waals surface area contributed by atoms with Crippen LogP contribution in [0.15, 0.2) is 42.5 Å². The van der Waals surface area contributed by atoms with Crippen molar-refractivity contribution >= 4 is 5.97 Å². The lowest BCUT2D eigenvalue weighted by molar-refractivity contribution is 0.0696. The number of pyridine rings is 1. The summed E-state index contributed by atoms with van der Waals surface area (Å²) in [6.07, 6.45) is 4.15. The van der Waals surface area contributed by atoms with Crippen molar-refractivity contribution in [2.75, 3.05) is 0 Å². The Labute approximate surface area is 170 Å². The molecule has 3 aromatic rings. The average Bonchev–Trinajstić information content (AvgIpc) is 3.08. The van der Waals surface area contributed by atoms with Gasteiger partial charge in [0.25, 0.3) is 0 Å². The van der Waals surface area contributed by atoms with E-state index in [1.54, 1.807) is 6.07 Å². The normalized spacial score (nSPS) is 11.0. The number of carboxylic acids is 1. The third-order valence-electron chi connectivity index (χ3n) is 4.88. The van der Waals surface area contributed by atoms with Crippen molar-refractivity contribution in [3.63, 3.8) is 0 Å². The Kier molecular flexibility index (Phi) is 7.08. The van der Waals surface area contributed by atoms with Crippen LogP contribution in [0.5, 0.6) is 0 Å². The third-order valence-corrected chi connectivity index (χ3v) is 4.88. The van der Waals surface area contributed by atoms with Gasteiger partial charge < -0.3 is 14.8 Å². The number of carbonyl (C=O) groups is 1. The summed E-state index contributed by atoms with van der Waals surface area (Å²) in [5, 5.41) is 27.0. The van der Waals surface area contributed by atoms with Gasteiger partial charge in [0.05, 0.1) is 17.9 Å². The van der Waals surface area contributed by atoms with Gasteiger partial charge in [-0.2, -0.15) is 0 Å². The molecule has 3 rings (SSSR count). The minimum Gasteiger partial charge on any atom is -0.478 e. The molecule has 0 fully saturated rings. The van der Waals surface area contributed by atoms with Gasteiger partial charge in [-0.15, -0.1) is 10.2 Å². The SMILES string of the molecule is Cc1nnc(CCCc2cc(C(=O)O)cc(CO)n2)n1CCCc1ccccc1. The maximum Gasteiger partial charge on any atom is 0.335 e. The summed E-state index contributed by atoms with van der Waals surface area (Å²) in [6.45, 7) is 2.55. The second kappa shape index (κ2) is 9.93. The first-order valence-corrected chi connectivity index (χ1v) is 9.83. The Morgan fingerprint density at radius 1 is 1.00 bits per heavy atom. The van der Waals surface area contributed by atoms with Crippen LogP contribution in [0.2, 0.25) is 0 Å². The van der Waals surface area contributed by atoms with Gasteiger partial charge in [0.2, 0.25) is 0 Å². The quantitative estimate of drug-likeness (QED) is 0.548. The highest BCUT2D eigenvalue weighted by atomic mass is 16.4. The van der Waals surface area contributed by atoms with E-state index in [2.05, 4.69) is 44.0 Å². The van der Waals surface area contributed by atoms with E-state index in [4.69, 9.17) is 0 Å². The summed E-state index contributed by atoms with van der Waals surface area (Å²) >= 11 is 0. The van der Waals surface area contributed by atoms with Gasteiger partial charge in [-0.25, -0.2) is 4.79 Å². The molecule has 0 aliphatic heterocycles. The molecular weight excluding hydrogens is 368 g/mol. The topological polar surface area (TPSA) is 101 Å². The lowest BCUT2D eigenvalue weighted by Crippen LogP contribution is -2.08. The Hall–Kier alpha value is -3.06. The van der Waals surface area contributed by atoms with Gasteiger partial charge in [-0.05, 0) is 50.3 Å². The Bertz CT molecular complexity index is 954. The zero-order valence-electron chi connectivity index (χ0n) is 16.6. The molecule has 0 unspecified atom stereocenters. The molecule has 0 amide bonds. The summed E-state index contributed by atoms with van der Waals surface area (Å²) in [6, 6.07) is 13.4. The molecule has 0 saturated carbocycles. The van der Waals surface area contributed by atoms with Crippen molar-refractivity contribution in [3.05, 3.63) is 76.6 Å². The number of benzene rings is 1.